The van der Waals surface area contributed by atoms with E-state index in [0.717, 1.165) is 57.8 Å². The molecular weight excluding hydrogens is 875 g/mol. The predicted octanol–water partition coefficient (Wildman–Crippen LogP) is 20.0. The van der Waals surface area contributed by atoms with Gasteiger partial charge < -0.3 is 20.3 Å². The number of hydrogen-bond acceptors (Lipinski definition) is 5. The van der Waals surface area contributed by atoms with E-state index in [1.165, 1.54) is 250 Å². The van der Waals surface area contributed by atoms with E-state index in [2.05, 4.69) is 55.6 Å². The van der Waals surface area contributed by atoms with Crippen molar-refractivity contribution in [1.29, 1.82) is 0 Å². The van der Waals surface area contributed by atoms with E-state index in [9.17, 15) is 19.8 Å². The molecule has 0 radical (unpaired) electrons. The molecule has 0 aliphatic heterocycles. The summed E-state index contributed by atoms with van der Waals surface area (Å²) >= 11 is 0. The summed E-state index contributed by atoms with van der Waals surface area (Å²) < 4.78 is 5.49. The number of aliphatic hydroxyl groups excluding tert-OH is 2. The van der Waals surface area contributed by atoms with Crippen LogP contribution in [-0.4, -0.2) is 47.4 Å². The Labute approximate surface area is 443 Å². The second kappa shape index (κ2) is 60.6. The van der Waals surface area contributed by atoms with Gasteiger partial charge in [-0.1, -0.05) is 281 Å². The van der Waals surface area contributed by atoms with Gasteiger partial charge in [-0.15, -0.1) is 0 Å². The molecule has 0 aliphatic carbocycles. The van der Waals surface area contributed by atoms with Crippen molar-refractivity contribution in [2.75, 3.05) is 13.2 Å². The normalized spacial score (nSPS) is 12.8. The van der Waals surface area contributed by atoms with Gasteiger partial charge >= 0.3 is 5.97 Å². The molecule has 0 fully saturated rings. The van der Waals surface area contributed by atoms with E-state index in [-0.39, 0.29) is 18.5 Å². The molecule has 0 saturated carbocycles. The van der Waals surface area contributed by atoms with Gasteiger partial charge in [0.2, 0.25) is 5.91 Å². The molecule has 71 heavy (non-hydrogen) atoms. The molecule has 0 aromatic rings. The summed E-state index contributed by atoms with van der Waals surface area (Å²) in [5.41, 5.74) is 0. The molecule has 0 bridgehead atoms. The SMILES string of the molecule is CCCCCCCCC/C=C\CCCCCCCCCC(=O)OCCCCCCCCCCC/C=C\C/C=C\CCCCCCCCCC(=O)NC(CO)C(O)CCCCCCCCCCCCCCC. The van der Waals surface area contributed by atoms with Gasteiger partial charge in [0.05, 0.1) is 25.4 Å². The van der Waals surface area contributed by atoms with Crippen LogP contribution >= 0.6 is 0 Å². The van der Waals surface area contributed by atoms with Crippen molar-refractivity contribution in [2.24, 2.45) is 0 Å². The number of rotatable bonds is 59. The molecule has 0 saturated heterocycles. The van der Waals surface area contributed by atoms with Crippen LogP contribution in [0.15, 0.2) is 36.5 Å². The van der Waals surface area contributed by atoms with Crippen molar-refractivity contribution in [3.05, 3.63) is 36.5 Å². The first kappa shape index (κ1) is 69.1. The number of hydrogen-bond donors (Lipinski definition) is 3. The minimum atomic E-state index is -0.670. The van der Waals surface area contributed by atoms with E-state index >= 15 is 0 Å². The average Bonchev–Trinajstić information content (AvgIpc) is 3.37. The van der Waals surface area contributed by atoms with Crippen LogP contribution in [0.2, 0.25) is 0 Å². The third kappa shape index (κ3) is 57.2. The Hall–Kier alpha value is -1.92. The van der Waals surface area contributed by atoms with Crippen LogP contribution in [0.25, 0.3) is 0 Å². The van der Waals surface area contributed by atoms with Crippen LogP contribution in [0.1, 0.15) is 341 Å². The molecule has 0 rings (SSSR count). The molecule has 6 nitrogen and oxygen atoms in total. The molecule has 0 heterocycles. The number of esters is 1. The van der Waals surface area contributed by atoms with Gasteiger partial charge in [-0.2, -0.15) is 0 Å². The molecule has 1 amide bonds. The minimum absolute atomic E-state index is 0.00428. The van der Waals surface area contributed by atoms with Crippen molar-refractivity contribution >= 4 is 11.9 Å². The minimum Gasteiger partial charge on any atom is -0.466 e. The summed E-state index contributed by atoms with van der Waals surface area (Å²) in [7, 11) is 0. The van der Waals surface area contributed by atoms with E-state index in [0.29, 0.717) is 25.9 Å². The van der Waals surface area contributed by atoms with E-state index < -0.39 is 12.1 Å². The Morgan fingerprint density at radius 3 is 1.08 bits per heavy atom. The fraction of sp³-hybridized carbons (Fsp3) is 0.877. The third-order valence-electron chi connectivity index (χ3n) is 14.7. The highest BCUT2D eigenvalue weighted by Gasteiger charge is 2.20. The zero-order chi connectivity index (χ0) is 51.4. The molecule has 0 aliphatic rings. The maximum absolute atomic E-state index is 12.5. The largest absolute Gasteiger partial charge is 0.466 e. The lowest BCUT2D eigenvalue weighted by molar-refractivity contribution is -0.143. The number of allylic oxidation sites excluding steroid dienone is 6. The van der Waals surface area contributed by atoms with Crippen molar-refractivity contribution in [3.8, 4) is 0 Å². The zero-order valence-corrected chi connectivity index (χ0v) is 47.7. The van der Waals surface area contributed by atoms with Crippen LogP contribution < -0.4 is 5.32 Å². The molecule has 418 valence electrons. The second-order valence-corrected chi connectivity index (χ2v) is 21.7. The lowest BCUT2D eigenvalue weighted by atomic mass is 10.0. The maximum Gasteiger partial charge on any atom is 0.305 e. The molecular formula is C65H123NO5. The van der Waals surface area contributed by atoms with E-state index in [1.807, 2.05) is 0 Å². The smallest absolute Gasteiger partial charge is 0.305 e. The molecule has 6 heteroatoms. The van der Waals surface area contributed by atoms with Crippen molar-refractivity contribution < 1.29 is 24.5 Å². The van der Waals surface area contributed by atoms with Gasteiger partial charge in [-0.05, 0) is 83.5 Å². The highest BCUT2D eigenvalue weighted by atomic mass is 16.5. The second-order valence-electron chi connectivity index (χ2n) is 21.7. The average molecular weight is 999 g/mol. The first-order valence-corrected chi connectivity index (χ1v) is 31.7. The topological polar surface area (TPSA) is 95.9 Å². The molecule has 3 N–H and O–H groups in total. The Morgan fingerprint density at radius 2 is 0.704 bits per heavy atom. The fourth-order valence-corrected chi connectivity index (χ4v) is 9.78. The van der Waals surface area contributed by atoms with E-state index in [1.54, 1.807) is 0 Å². The lowest BCUT2D eigenvalue weighted by Gasteiger charge is -2.22. The predicted molar refractivity (Wildman–Crippen MR) is 310 cm³/mol. The van der Waals surface area contributed by atoms with Gasteiger partial charge in [0, 0.05) is 12.8 Å². The van der Waals surface area contributed by atoms with Gasteiger partial charge in [0.25, 0.3) is 0 Å². The number of carbonyl (C=O) groups excluding carboxylic acids is 2. The summed E-state index contributed by atoms with van der Waals surface area (Å²) in [5.74, 6) is -0.0407. The Kier molecular flexibility index (Phi) is 59.0. The summed E-state index contributed by atoms with van der Waals surface area (Å²) in [6, 6.07) is -0.549. The number of carbonyl (C=O) groups is 2. The van der Waals surface area contributed by atoms with Crippen molar-refractivity contribution in [3.63, 3.8) is 0 Å². The molecule has 0 aromatic heterocycles. The lowest BCUT2D eigenvalue weighted by Crippen LogP contribution is -2.45. The fourth-order valence-electron chi connectivity index (χ4n) is 9.78. The highest BCUT2D eigenvalue weighted by Crippen LogP contribution is 2.17. The standard InChI is InChI=1S/C65H123NO5/c1-3-5-7-9-11-13-15-17-18-19-28-31-35-39-43-47-51-55-59-65(70)71-60-56-52-48-44-40-36-32-29-26-24-22-20-21-23-25-27-30-34-38-42-46-50-54-58-64(69)66-62(61-67)63(68)57-53-49-45-41-37-33-16-14-12-10-8-6-4-2/h18-20,22-23,25,62-63,67-68H,3-17,21,24,26-61H2,1-2H3,(H,66,69)/b19-18-,22-20-,25-23-. The molecule has 0 aromatic carbocycles. The van der Waals surface area contributed by atoms with Gasteiger partial charge in [-0.3, -0.25) is 9.59 Å². The highest BCUT2D eigenvalue weighted by molar-refractivity contribution is 5.76. The monoisotopic (exact) mass is 998 g/mol. The number of nitrogens with one attached hydrogen (secondary N) is 1. The maximum atomic E-state index is 12.5. The van der Waals surface area contributed by atoms with Gasteiger partial charge in [-0.25, -0.2) is 0 Å². The summed E-state index contributed by atoms with van der Waals surface area (Å²) in [6.07, 6.45) is 75.9. The molecule has 2 unspecified atom stereocenters. The molecule has 0 spiro atoms. The number of amides is 1. The summed E-state index contributed by atoms with van der Waals surface area (Å²) in [5, 5.41) is 23.2. The quantitative estimate of drug-likeness (QED) is 0.0321. The van der Waals surface area contributed by atoms with Crippen LogP contribution in [0.4, 0.5) is 0 Å². The Bertz CT molecular complexity index is 1150. The summed E-state index contributed by atoms with van der Waals surface area (Å²) in [4.78, 5) is 24.6. The van der Waals surface area contributed by atoms with E-state index in [4.69, 9.17) is 4.74 Å². The first-order chi connectivity index (χ1) is 35.0. The van der Waals surface area contributed by atoms with Crippen LogP contribution in [0.5, 0.6) is 0 Å². The first-order valence-electron chi connectivity index (χ1n) is 31.7. The number of ether oxygens (including phenoxy) is 1. The number of unbranched alkanes of at least 4 members (excludes halogenated alkanes) is 42. The van der Waals surface area contributed by atoms with Crippen LogP contribution in [-0.2, 0) is 14.3 Å². The zero-order valence-electron chi connectivity index (χ0n) is 47.7. The van der Waals surface area contributed by atoms with Crippen LogP contribution in [0, 0.1) is 0 Å². The Balaban J connectivity index is 3.43. The molecule has 2 atom stereocenters. The third-order valence-corrected chi connectivity index (χ3v) is 14.7. The van der Waals surface area contributed by atoms with Gasteiger partial charge in [0.15, 0.2) is 0 Å². The Morgan fingerprint density at radius 1 is 0.394 bits per heavy atom. The van der Waals surface area contributed by atoms with Crippen molar-refractivity contribution in [1.82, 2.24) is 5.32 Å². The summed E-state index contributed by atoms with van der Waals surface area (Å²) in [6.45, 7) is 4.95. The van der Waals surface area contributed by atoms with Crippen LogP contribution in [0.3, 0.4) is 0 Å². The van der Waals surface area contributed by atoms with Crippen molar-refractivity contribution in [2.45, 2.75) is 353 Å². The van der Waals surface area contributed by atoms with Gasteiger partial charge in [0.1, 0.15) is 0 Å². The number of aliphatic hydroxyl groups is 2.